The molecule has 0 saturated heterocycles. The fraction of sp³-hybridized carbons (Fsp3) is 0.375. The summed E-state index contributed by atoms with van der Waals surface area (Å²) in [5.74, 6) is -3.53. The Morgan fingerprint density at radius 3 is 2.39 bits per heavy atom. The van der Waals surface area contributed by atoms with Crippen molar-refractivity contribution in [3.8, 4) is 0 Å². The van der Waals surface area contributed by atoms with E-state index in [0.717, 1.165) is 12.8 Å². The maximum Gasteiger partial charge on any atom is 0.341 e. The second-order valence-corrected chi connectivity index (χ2v) is 6.04. The number of carboxylic acids is 1. The fourth-order valence-electron chi connectivity index (χ4n) is 2.93. The van der Waals surface area contributed by atoms with Gasteiger partial charge in [-0.1, -0.05) is 0 Å². The number of hydrogen-bond donors (Lipinski definition) is 1. The van der Waals surface area contributed by atoms with Gasteiger partial charge >= 0.3 is 5.97 Å². The summed E-state index contributed by atoms with van der Waals surface area (Å²) in [6.07, 6.45) is 2.87. The highest BCUT2D eigenvalue weighted by molar-refractivity contribution is 5.99. The Morgan fingerprint density at radius 2 is 1.91 bits per heavy atom. The van der Waals surface area contributed by atoms with Crippen molar-refractivity contribution in [3.63, 3.8) is 0 Å². The van der Waals surface area contributed by atoms with E-state index >= 15 is 0 Å². The normalized spacial score (nSPS) is 14.3. The zero-order valence-corrected chi connectivity index (χ0v) is 13.0. The van der Waals surface area contributed by atoms with Gasteiger partial charge in [0.1, 0.15) is 5.56 Å². The molecule has 1 heterocycles. The Balaban J connectivity index is 2.62. The molecule has 1 saturated carbocycles. The molecule has 0 bridgehead atoms. The molecule has 2 aromatic rings. The second-order valence-electron chi connectivity index (χ2n) is 6.04. The maximum absolute atomic E-state index is 14.4. The highest BCUT2D eigenvalue weighted by Crippen LogP contribution is 2.40. The number of fused-ring (bicyclic) bond motifs is 1. The lowest BCUT2D eigenvalue weighted by Crippen LogP contribution is -2.24. The minimum atomic E-state index is -1.38. The summed E-state index contributed by atoms with van der Waals surface area (Å²) >= 11 is 0. The molecule has 0 aliphatic heterocycles. The van der Waals surface area contributed by atoms with E-state index in [1.54, 1.807) is 4.57 Å². The summed E-state index contributed by atoms with van der Waals surface area (Å²) < 4.78 is 30.3. The number of carbonyl (C=O) groups is 1. The highest BCUT2D eigenvalue weighted by atomic mass is 19.2. The molecule has 1 fully saturated rings. The monoisotopic (exact) mass is 322 g/mol. The number of pyridine rings is 1. The zero-order valence-electron chi connectivity index (χ0n) is 13.0. The van der Waals surface area contributed by atoms with Gasteiger partial charge in [-0.15, -0.1) is 0 Å². The van der Waals surface area contributed by atoms with E-state index < -0.39 is 28.6 Å². The van der Waals surface area contributed by atoms with E-state index in [1.165, 1.54) is 32.1 Å². The Labute approximate surface area is 130 Å². The van der Waals surface area contributed by atoms with Crippen LogP contribution in [0.4, 0.5) is 14.5 Å². The Bertz CT molecular complexity index is 899. The van der Waals surface area contributed by atoms with Crippen LogP contribution >= 0.6 is 0 Å². The molecule has 1 aromatic carbocycles. The molecule has 0 spiro atoms. The summed E-state index contributed by atoms with van der Waals surface area (Å²) in [6, 6.07) is 0.00905. The molecular weight excluding hydrogens is 306 g/mol. The molecular formula is C16H16F2N2O3. The number of benzene rings is 1. The number of carboxylic acid groups (broad SMARTS) is 1. The van der Waals surface area contributed by atoms with Crippen molar-refractivity contribution < 1.29 is 18.7 Å². The Hall–Kier alpha value is -2.44. The van der Waals surface area contributed by atoms with Crippen LogP contribution in [0.5, 0.6) is 0 Å². The van der Waals surface area contributed by atoms with Crippen LogP contribution in [-0.2, 0) is 0 Å². The second kappa shape index (κ2) is 5.04. The van der Waals surface area contributed by atoms with Crippen molar-refractivity contribution in [2.45, 2.75) is 25.8 Å². The van der Waals surface area contributed by atoms with Gasteiger partial charge in [0.2, 0.25) is 5.43 Å². The van der Waals surface area contributed by atoms with Crippen molar-refractivity contribution in [1.82, 2.24) is 4.57 Å². The van der Waals surface area contributed by atoms with Crippen molar-refractivity contribution in [1.29, 1.82) is 0 Å². The first-order valence-electron chi connectivity index (χ1n) is 7.22. The summed E-state index contributed by atoms with van der Waals surface area (Å²) in [5.41, 5.74) is -1.16. The Morgan fingerprint density at radius 1 is 1.30 bits per heavy atom. The lowest BCUT2D eigenvalue weighted by molar-refractivity contribution is 0.0695. The molecule has 3 rings (SSSR count). The van der Waals surface area contributed by atoms with Gasteiger partial charge in [-0.2, -0.15) is 0 Å². The van der Waals surface area contributed by atoms with Gasteiger partial charge in [0.05, 0.1) is 16.6 Å². The van der Waals surface area contributed by atoms with E-state index in [2.05, 4.69) is 0 Å². The van der Waals surface area contributed by atoms with E-state index in [1.807, 2.05) is 0 Å². The van der Waals surface area contributed by atoms with Crippen LogP contribution in [-0.4, -0.2) is 29.7 Å². The summed E-state index contributed by atoms with van der Waals surface area (Å²) in [6.45, 7) is 1.40. The van der Waals surface area contributed by atoms with Crippen LogP contribution in [0.1, 0.15) is 34.8 Å². The zero-order chi connectivity index (χ0) is 17.0. The molecule has 5 nitrogen and oxygen atoms in total. The van der Waals surface area contributed by atoms with Crippen molar-refractivity contribution in [2.24, 2.45) is 0 Å². The predicted molar refractivity (Wildman–Crippen MR) is 82.4 cm³/mol. The van der Waals surface area contributed by atoms with E-state index in [0.29, 0.717) is 0 Å². The van der Waals surface area contributed by atoms with Crippen molar-refractivity contribution in [2.75, 3.05) is 19.0 Å². The predicted octanol–water partition coefficient (Wildman–Crippen LogP) is 2.69. The molecule has 1 aliphatic carbocycles. The first kappa shape index (κ1) is 15.5. The number of halogens is 2. The van der Waals surface area contributed by atoms with Gasteiger partial charge in [0, 0.05) is 31.9 Å². The number of rotatable bonds is 3. The molecule has 7 heteroatoms. The lowest BCUT2D eigenvalue weighted by Gasteiger charge is -2.21. The summed E-state index contributed by atoms with van der Waals surface area (Å²) in [4.78, 5) is 25.3. The van der Waals surface area contributed by atoms with Crippen molar-refractivity contribution >= 4 is 22.6 Å². The summed E-state index contributed by atoms with van der Waals surface area (Å²) in [7, 11) is 2.97. The smallest absolute Gasteiger partial charge is 0.341 e. The first-order valence-corrected chi connectivity index (χ1v) is 7.22. The number of aromatic nitrogens is 1. The minimum Gasteiger partial charge on any atom is -0.477 e. The maximum atomic E-state index is 14.4. The van der Waals surface area contributed by atoms with Crippen molar-refractivity contribution in [3.05, 3.63) is 39.2 Å². The van der Waals surface area contributed by atoms with E-state index in [4.69, 9.17) is 0 Å². The average Bonchev–Trinajstić information content (AvgIpc) is 3.29. The number of hydrogen-bond acceptors (Lipinski definition) is 3. The van der Waals surface area contributed by atoms with E-state index in [9.17, 15) is 23.5 Å². The number of anilines is 1. The Kier molecular flexibility index (Phi) is 3.39. The molecule has 1 aromatic heterocycles. The highest BCUT2D eigenvalue weighted by Gasteiger charge is 2.31. The summed E-state index contributed by atoms with van der Waals surface area (Å²) in [5, 5.41) is 9.19. The van der Waals surface area contributed by atoms with Gasteiger partial charge < -0.3 is 14.6 Å². The molecule has 0 amide bonds. The quantitative estimate of drug-likeness (QED) is 0.944. The van der Waals surface area contributed by atoms with Crippen LogP contribution in [0.2, 0.25) is 0 Å². The number of aryl methyl sites for hydroxylation is 1. The van der Waals surface area contributed by atoms with Gasteiger partial charge in [0.15, 0.2) is 11.6 Å². The third-order valence-electron chi connectivity index (χ3n) is 4.17. The molecule has 122 valence electrons. The number of aromatic carboxylic acids is 1. The van der Waals surface area contributed by atoms with Crippen LogP contribution in [0.3, 0.4) is 0 Å². The third kappa shape index (κ3) is 2.18. The SMILES string of the molecule is Cc1c(F)c(F)c(N(C)C)c2c(=O)c(C(=O)O)cn(C3CC3)c12. The van der Waals surface area contributed by atoms with Gasteiger partial charge in [-0.3, -0.25) is 4.79 Å². The number of nitrogens with zero attached hydrogens (tertiary/aromatic N) is 2. The topological polar surface area (TPSA) is 62.5 Å². The third-order valence-corrected chi connectivity index (χ3v) is 4.17. The van der Waals surface area contributed by atoms with Gasteiger partial charge in [0.25, 0.3) is 0 Å². The van der Waals surface area contributed by atoms with Gasteiger partial charge in [-0.25, -0.2) is 13.6 Å². The first-order chi connectivity index (χ1) is 10.8. The van der Waals surface area contributed by atoms with Crippen LogP contribution in [0.15, 0.2) is 11.0 Å². The van der Waals surface area contributed by atoms with Gasteiger partial charge in [-0.05, 0) is 19.8 Å². The lowest BCUT2D eigenvalue weighted by atomic mass is 10.0. The van der Waals surface area contributed by atoms with Crippen LogP contribution < -0.4 is 10.3 Å². The minimum absolute atomic E-state index is 0.00905. The van der Waals surface area contributed by atoms with Crippen LogP contribution in [0.25, 0.3) is 10.9 Å². The molecule has 23 heavy (non-hydrogen) atoms. The largest absolute Gasteiger partial charge is 0.477 e. The molecule has 1 aliphatic rings. The molecule has 1 N–H and O–H groups in total. The average molecular weight is 322 g/mol. The van der Waals surface area contributed by atoms with E-state index in [-0.39, 0.29) is 28.2 Å². The standard InChI is InChI=1S/C16H16F2N2O3/c1-7-11(17)12(18)14(19(2)3)10-13(7)20(8-4-5-8)6-9(15(10)21)16(22)23/h6,8H,4-5H2,1-3H3,(H,22,23). The molecule has 0 radical (unpaired) electrons. The molecule has 0 unspecified atom stereocenters. The van der Waals surface area contributed by atoms with Crippen LogP contribution in [0, 0.1) is 18.6 Å². The fourth-order valence-corrected chi connectivity index (χ4v) is 2.93. The molecule has 0 atom stereocenters.